The number of unbranched alkanes of at least 4 members (excludes halogenated alkanes) is 2. The Balaban J connectivity index is 1.68. The molecule has 1 aliphatic rings. The molecule has 0 radical (unpaired) electrons. The number of nitrogens with zero attached hydrogens (tertiary/aromatic N) is 1. The molecule has 68 valence electrons. The van der Waals surface area contributed by atoms with Crippen molar-refractivity contribution in [3.8, 4) is 6.07 Å². The molecular weight excluding hydrogens is 148 g/mol. The maximum atomic E-state index is 8.28. The van der Waals surface area contributed by atoms with Gasteiger partial charge in [0, 0.05) is 6.42 Å². The van der Waals surface area contributed by atoms with Crippen molar-refractivity contribution in [1.82, 2.24) is 5.32 Å². The third kappa shape index (κ3) is 5.15. The molecule has 1 aliphatic carbocycles. The summed E-state index contributed by atoms with van der Waals surface area (Å²) in [7, 11) is 0. The fourth-order valence-corrected chi connectivity index (χ4v) is 1.29. The van der Waals surface area contributed by atoms with E-state index in [4.69, 9.17) is 5.26 Å². The lowest BCUT2D eigenvalue weighted by molar-refractivity contribution is 0.585. The quantitative estimate of drug-likeness (QED) is 0.588. The molecule has 1 N–H and O–H groups in total. The van der Waals surface area contributed by atoms with Gasteiger partial charge in [0.05, 0.1) is 6.07 Å². The molecule has 0 saturated heterocycles. The smallest absolute Gasteiger partial charge is 0.0621 e. The summed E-state index contributed by atoms with van der Waals surface area (Å²) in [6, 6.07) is 2.16. The highest BCUT2D eigenvalue weighted by Crippen LogP contribution is 2.31. The summed E-state index contributed by atoms with van der Waals surface area (Å²) in [4.78, 5) is 0. The summed E-state index contributed by atoms with van der Waals surface area (Å²) in [5.41, 5.74) is 0. The topological polar surface area (TPSA) is 35.8 Å². The Bertz CT molecular complexity index is 144. The molecule has 0 aromatic heterocycles. The Labute approximate surface area is 75.0 Å². The fourth-order valence-electron chi connectivity index (χ4n) is 1.29. The van der Waals surface area contributed by atoms with Gasteiger partial charge in [0.25, 0.3) is 0 Å². The van der Waals surface area contributed by atoms with Crippen LogP contribution in [-0.4, -0.2) is 13.1 Å². The van der Waals surface area contributed by atoms with Crippen molar-refractivity contribution < 1.29 is 0 Å². The normalized spacial score (nSPS) is 15.9. The largest absolute Gasteiger partial charge is 0.317 e. The zero-order valence-corrected chi connectivity index (χ0v) is 7.68. The van der Waals surface area contributed by atoms with Gasteiger partial charge in [-0.3, -0.25) is 0 Å². The number of rotatable bonds is 7. The molecule has 0 aromatic carbocycles. The molecule has 0 aromatic rings. The first-order valence-electron chi connectivity index (χ1n) is 5.01. The van der Waals surface area contributed by atoms with Gasteiger partial charge >= 0.3 is 0 Å². The highest BCUT2D eigenvalue weighted by Gasteiger charge is 2.19. The van der Waals surface area contributed by atoms with Crippen molar-refractivity contribution in [3.63, 3.8) is 0 Å². The standard InChI is InChI=1S/C10H18N2/c11-7-2-1-3-8-12-9-6-10-4-5-10/h10,12H,1-6,8-9H2. The minimum absolute atomic E-state index is 0.713. The van der Waals surface area contributed by atoms with Gasteiger partial charge < -0.3 is 5.32 Å². The van der Waals surface area contributed by atoms with Crippen molar-refractivity contribution >= 4 is 0 Å². The molecule has 2 heteroatoms. The van der Waals surface area contributed by atoms with Crippen molar-refractivity contribution in [2.75, 3.05) is 13.1 Å². The minimum atomic E-state index is 0.713. The molecule has 0 atom stereocenters. The van der Waals surface area contributed by atoms with Crippen molar-refractivity contribution in [2.45, 2.75) is 38.5 Å². The molecule has 1 rings (SSSR count). The lowest BCUT2D eigenvalue weighted by Crippen LogP contribution is -2.16. The molecule has 0 heterocycles. The first-order chi connectivity index (χ1) is 5.93. The van der Waals surface area contributed by atoms with Crippen LogP contribution in [0.2, 0.25) is 0 Å². The van der Waals surface area contributed by atoms with Crippen LogP contribution in [0, 0.1) is 17.2 Å². The predicted octanol–water partition coefficient (Wildman–Crippen LogP) is 2.07. The Hall–Kier alpha value is -0.550. The van der Waals surface area contributed by atoms with Crippen LogP contribution in [0.1, 0.15) is 38.5 Å². The average molecular weight is 166 g/mol. The molecule has 0 aliphatic heterocycles. The Morgan fingerprint density at radius 2 is 2.08 bits per heavy atom. The zero-order chi connectivity index (χ0) is 8.65. The van der Waals surface area contributed by atoms with E-state index in [-0.39, 0.29) is 0 Å². The maximum absolute atomic E-state index is 8.28. The van der Waals surface area contributed by atoms with Crippen LogP contribution in [0.4, 0.5) is 0 Å². The van der Waals surface area contributed by atoms with Gasteiger partial charge in [-0.1, -0.05) is 12.8 Å². The van der Waals surface area contributed by atoms with Crippen LogP contribution in [0.15, 0.2) is 0 Å². The van der Waals surface area contributed by atoms with Crippen molar-refractivity contribution in [1.29, 1.82) is 5.26 Å². The van der Waals surface area contributed by atoms with Crippen LogP contribution in [0.25, 0.3) is 0 Å². The van der Waals surface area contributed by atoms with E-state index in [2.05, 4.69) is 11.4 Å². The van der Waals surface area contributed by atoms with Crippen molar-refractivity contribution in [3.05, 3.63) is 0 Å². The van der Waals surface area contributed by atoms with E-state index in [1.54, 1.807) is 0 Å². The second-order valence-electron chi connectivity index (χ2n) is 3.60. The SMILES string of the molecule is N#CCCCCNCCC1CC1. The van der Waals surface area contributed by atoms with E-state index in [1.807, 2.05) is 0 Å². The average Bonchev–Trinajstić information content (AvgIpc) is 2.87. The molecule has 0 bridgehead atoms. The minimum Gasteiger partial charge on any atom is -0.317 e. The molecule has 2 nitrogen and oxygen atoms in total. The van der Waals surface area contributed by atoms with Crippen LogP contribution in [0.3, 0.4) is 0 Å². The predicted molar refractivity (Wildman–Crippen MR) is 49.7 cm³/mol. The molecule has 1 saturated carbocycles. The highest BCUT2D eigenvalue weighted by atomic mass is 14.8. The summed E-state index contributed by atoms with van der Waals surface area (Å²) >= 11 is 0. The van der Waals surface area contributed by atoms with Gasteiger partial charge in [0.1, 0.15) is 0 Å². The van der Waals surface area contributed by atoms with Gasteiger partial charge in [-0.15, -0.1) is 0 Å². The number of nitrogens with one attached hydrogen (secondary N) is 1. The molecule has 0 unspecified atom stereocenters. The van der Waals surface area contributed by atoms with E-state index in [0.717, 1.165) is 25.3 Å². The van der Waals surface area contributed by atoms with Gasteiger partial charge in [-0.2, -0.15) is 5.26 Å². The van der Waals surface area contributed by atoms with Gasteiger partial charge in [0.15, 0.2) is 0 Å². The highest BCUT2D eigenvalue weighted by molar-refractivity contribution is 4.73. The van der Waals surface area contributed by atoms with E-state index in [9.17, 15) is 0 Å². The van der Waals surface area contributed by atoms with Crippen LogP contribution < -0.4 is 5.32 Å². The fraction of sp³-hybridized carbons (Fsp3) is 0.900. The molecule has 12 heavy (non-hydrogen) atoms. The second kappa shape index (κ2) is 6.02. The molecule has 1 fully saturated rings. The van der Waals surface area contributed by atoms with Crippen LogP contribution >= 0.6 is 0 Å². The summed E-state index contributed by atoms with van der Waals surface area (Å²) in [6.07, 6.45) is 7.18. The first-order valence-corrected chi connectivity index (χ1v) is 5.01. The lowest BCUT2D eigenvalue weighted by Gasteiger charge is -2.01. The summed E-state index contributed by atoms with van der Waals surface area (Å²) < 4.78 is 0. The number of hydrogen-bond acceptors (Lipinski definition) is 2. The summed E-state index contributed by atoms with van der Waals surface area (Å²) in [5.74, 6) is 1.04. The number of nitriles is 1. The Morgan fingerprint density at radius 1 is 1.25 bits per heavy atom. The third-order valence-corrected chi connectivity index (χ3v) is 2.32. The van der Waals surface area contributed by atoms with Crippen LogP contribution in [-0.2, 0) is 0 Å². The first kappa shape index (κ1) is 9.54. The Morgan fingerprint density at radius 3 is 2.75 bits per heavy atom. The maximum Gasteiger partial charge on any atom is 0.0621 e. The monoisotopic (exact) mass is 166 g/mol. The molecule has 0 spiro atoms. The summed E-state index contributed by atoms with van der Waals surface area (Å²) in [6.45, 7) is 2.27. The molecular formula is C10H18N2. The zero-order valence-electron chi connectivity index (χ0n) is 7.68. The van der Waals surface area contributed by atoms with Gasteiger partial charge in [0.2, 0.25) is 0 Å². The third-order valence-electron chi connectivity index (χ3n) is 2.32. The van der Waals surface area contributed by atoms with E-state index < -0.39 is 0 Å². The van der Waals surface area contributed by atoms with E-state index >= 15 is 0 Å². The second-order valence-corrected chi connectivity index (χ2v) is 3.60. The van der Waals surface area contributed by atoms with E-state index in [0.29, 0.717) is 6.42 Å². The molecule has 0 amide bonds. The Kier molecular flexibility index (Phi) is 4.79. The number of hydrogen-bond donors (Lipinski definition) is 1. The van der Waals surface area contributed by atoms with E-state index in [1.165, 1.54) is 25.8 Å². The van der Waals surface area contributed by atoms with Gasteiger partial charge in [-0.05, 0) is 38.3 Å². The van der Waals surface area contributed by atoms with Crippen LogP contribution in [0.5, 0.6) is 0 Å². The summed E-state index contributed by atoms with van der Waals surface area (Å²) in [5, 5.41) is 11.7. The van der Waals surface area contributed by atoms with Crippen molar-refractivity contribution in [2.24, 2.45) is 5.92 Å². The van der Waals surface area contributed by atoms with Gasteiger partial charge in [-0.25, -0.2) is 0 Å². The lowest BCUT2D eigenvalue weighted by atomic mass is 10.2.